The summed E-state index contributed by atoms with van der Waals surface area (Å²) in [5, 5.41) is 7.24. The monoisotopic (exact) mass is 745 g/mol. The SMILES string of the molecule is c1cc(-c2ccc(-c3nc(-n4c5ccccc5c5ccccc54)nc(-n4c5ccccc5c5ccccc54)n3)cc2)cc(-c2ccc3sc4ccccc4c3c2)c1. The van der Waals surface area contributed by atoms with Crippen molar-refractivity contribution in [3.63, 3.8) is 0 Å². The summed E-state index contributed by atoms with van der Waals surface area (Å²) in [4.78, 5) is 15.8. The van der Waals surface area contributed by atoms with Crippen molar-refractivity contribution in [2.75, 3.05) is 0 Å². The Balaban J connectivity index is 1.01. The Morgan fingerprint density at radius 1 is 0.298 bits per heavy atom. The largest absolute Gasteiger partial charge is 0.278 e. The number of hydrogen-bond donors (Lipinski definition) is 0. The van der Waals surface area contributed by atoms with Crippen molar-refractivity contribution >= 4 is 75.1 Å². The van der Waals surface area contributed by atoms with Gasteiger partial charge in [0, 0.05) is 47.3 Å². The number of fused-ring (bicyclic) bond motifs is 9. The van der Waals surface area contributed by atoms with E-state index in [1.807, 2.05) is 11.3 Å². The molecule has 8 aromatic carbocycles. The minimum Gasteiger partial charge on any atom is -0.278 e. The number of hydrogen-bond acceptors (Lipinski definition) is 4. The summed E-state index contributed by atoms with van der Waals surface area (Å²) in [7, 11) is 0. The molecule has 0 aliphatic rings. The highest BCUT2D eigenvalue weighted by Gasteiger charge is 2.20. The lowest BCUT2D eigenvalue weighted by atomic mass is 9.97. The van der Waals surface area contributed by atoms with Crippen LogP contribution in [0.4, 0.5) is 0 Å². The number of para-hydroxylation sites is 4. The lowest BCUT2D eigenvalue weighted by molar-refractivity contribution is 0.893. The number of benzene rings is 8. The molecule has 0 atom stereocenters. The van der Waals surface area contributed by atoms with Crippen molar-refractivity contribution in [2.45, 2.75) is 0 Å². The van der Waals surface area contributed by atoms with E-state index in [-0.39, 0.29) is 0 Å². The van der Waals surface area contributed by atoms with E-state index in [9.17, 15) is 0 Å². The minimum absolute atomic E-state index is 0.571. The molecule has 0 radical (unpaired) electrons. The van der Waals surface area contributed by atoms with Crippen LogP contribution in [0.25, 0.3) is 109 Å². The van der Waals surface area contributed by atoms with Crippen LogP contribution in [0.1, 0.15) is 0 Å². The molecule has 0 fully saturated rings. The summed E-state index contributed by atoms with van der Waals surface area (Å²) >= 11 is 1.85. The quantitative estimate of drug-likeness (QED) is 0.176. The number of nitrogens with zero attached hydrogens (tertiary/aromatic N) is 5. The third kappa shape index (κ3) is 5.04. The number of rotatable bonds is 5. The minimum atomic E-state index is 0.571. The summed E-state index contributed by atoms with van der Waals surface area (Å²) in [6.45, 7) is 0. The van der Waals surface area contributed by atoms with E-state index in [2.05, 4.69) is 197 Å². The second-order valence-electron chi connectivity index (χ2n) is 14.5. The standard InChI is InChI=1S/C51H31N5S/c1-6-19-43-37(14-1)38-15-2-7-20-44(38)55(43)50-52-49(53-51(54-50)56-45-21-8-3-16-39(45)40-17-4-9-22-46(40)56)33-26-24-32(25-27-33)34-12-11-13-35(30-34)36-28-29-48-42(31-36)41-18-5-10-23-47(41)57-48/h1-31H. The molecular formula is C51H31N5S. The van der Waals surface area contributed by atoms with Crippen LogP contribution in [0.2, 0.25) is 0 Å². The zero-order valence-electron chi connectivity index (χ0n) is 30.5. The van der Waals surface area contributed by atoms with Gasteiger partial charge in [-0.2, -0.15) is 15.0 Å². The molecule has 4 aromatic heterocycles. The fourth-order valence-electron chi connectivity index (χ4n) is 8.55. The van der Waals surface area contributed by atoms with Crippen molar-refractivity contribution < 1.29 is 0 Å². The second kappa shape index (κ2) is 12.6. The molecule has 12 aromatic rings. The van der Waals surface area contributed by atoms with Gasteiger partial charge in [0.25, 0.3) is 0 Å². The van der Waals surface area contributed by atoms with Gasteiger partial charge in [-0.05, 0) is 70.8 Å². The summed E-state index contributed by atoms with van der Waals surface area (Å²) < 4.78 is 6.97. The first-order valence-corrected chi connectivity index (χ1v) is 19.9. The Labute approximate surface area is 331 Å². The molecule has 0 bridgehead atoms. The van der Waals surface area contributed by atoms with E-state index >= 15 is 0 Å². The van der Waals surface area contributed by atoms with Crippen LogP contribution in [-0.4, -0.2) is 24.1 Å². The molecule has 0 spiro atoms. The summed E-state index contributed by atoms with van der Waals surface area (Å²) in [5.41, 5.74) is 9.79. The van der Waals surface area contributed by atoms with Gasteiger partial charge >= 0.3 is 0 Å². The van der Waals surface area contributed by atoms with E-state index in [1.54, 1.807) is 0 Å². The fourth-order valence-corrected chi connectivity index (χ4v) is 9.64. The van der Waals surface area contributed by atoms with E-state index in [0.29, 0.717) is 17.7 Å². The van der Waals surface area contributed by atoms with E-state index < -0.39 is 0 Å². The molecule has 12 rings (SSSR count). The molecule has 0 saturated carbocycles. The van der Waals surface area contributed by atoms with E-state index in [0.717, 1.165) is 60.3 Å². The van der Waals surface area contributed by atoms with Crippen molar-refractivity contribution in [3.05, 3.63) is 188 Å². The highest BCUT2D eigenvalue weighted by molar-refractivity contribution is 7.25. The zero-order valence-corrected chi connectivity index (χ0v) is 31.4. The molecule has 0 aliphatic carbocycles. The lowest BCUT2D eigenvalue weighted by Gasteiger charge is -2.13. The molecule has 266 valence electrons. The van der Waals surface area contributed by atoms with Gasteiger partial charge in [-0.3, -0.25) is 9.13 Å². The Morgan fingerprint density at radius 2 is 0.719 bits per heavy atom. The molecule has 6 heteroatoms. The smallest absolute Gasteiger partial charge is 0.240 e. The van der Waals surface area contributed by atoms with Crippen LogP contribution in [0.3, 0.4) is 0 Å². The average molecular weight is 746 g/mol. The van der Waals surface area contributed by atoms with Gasteiger partial charge in [0.1, 0.15) is 0 Å². The first-order valence-electron chi connectivity index (χ1n) is 19.1. The lowest BCUT2D eigenvalue weighted by Crippen LogP contribution is -2.10. The molecule has 4 heterocycles. The highest BCUT2D eigenvalue weighted by atomic mass is 32.1. The van der Waals surface area contributed by atoms with Gasteiger partial charge < -0.3 is 0 Å². The maximum Gasteiger partial charge on any atom is 0.240 e. The second-order valence-corrected chi connectivity index (χ2v) is 15.5. The van der Waals surface area contributed by atoms with Crippen molar-refractivity contribution in [3.8, 4) is 45.5 Å². The maximum atomic E-state index is 5.28. The normalized spacial score (nSPS) is 11.9. The molecule has 0 aliphatic heterocycles. The van der Waals surface area contributed by atoms with Crippen LogP contribution < -0.4 is 0 Å². The van der Waals surface area contributed by atoms with Crippen molar-refractivity contribution in [1.82, 2.24) is 24.1 Å². The number of thiophene rings is 1. The molecule has 0 amide bonds. The third-order valence-corrected chi connectivity index (χ3v) is 12.4. The Morgan fingerprint density at radius 3 is 1.28 bits per heavy atom. The zero-order chi connectivity index (χ0) is 37.5. The Hall–Kier alpha value is -7.41. The van der Waals surface area contributed by atoms with Gasteiger partial charge in [-0.25, -0.2) is 0 Å². The topological polar surface area (TPSA) is 48.5 Å². The summed E-state index contributed by atoms with van der Waals surface area (Å²) in [5.74, 6) is 1.75. The van der Waals surface area contributed by atoms with Crippen LogP contribution in [0.5, 0.6) is 0 Å². The van der Waals surface area contributed by atoms with Gasteiger partial charge in [0.15, 0.2) is 5.82 Å². The molecule has 0 unspecified atom stereocenters. The predicted octanol–water partition coefficient (Wildman–Crippen LogP) is 13.4. The molecule has 0 N–H and O–H groups in total. The maximum absolute atomic E-state index is 5.28. The fraction of sp³-hybridized carbons (Fsp3) is 0. The highest BCUT2D eigenvalue weighted by Crippen LogP contribution is 2.38. The Kier molecular flexibility index (Phi) is 7.03. The van der Waals surface area contributed by atoms with E-state index in [4.69, 9.17) is 15.0 Å². The Bertz CT molecular complexity index is 3300. The predicted molar refractivity (Wildman–Crippen MR) is 238 cm³/mol. The van der Waals surface area contributed by atoms with Crippen LogP contribution >= 0.6 is 11.3 Å². The molecule has 57 heavy (non-hydrogen) atoms. The summed E-state index contributed by atoms with van der Waals surface area (Å²) in [6, 6.07) is 66.8. The van der Waals surface area contributed by atoms with Crippen LogP contribution in [0, 0.1) is 0 Å². The third-order valence-electron chi connectivity index (χ3n) is 11.2. The van der Waals surface area contributed by atoms with Crippen molar-refractivity contribution in [2.24, 2.45) is 0 Å². The average Bonchev–Trinajstić information content (AvgIpc) is 3.94. The number of aromatic nitrogens is 5. The van der Waals surface area contributed by atoms with Crippen LogP contribution in [0.15, 0.2) is 188 Å². The molecule has 0 saturated heterocycles. The van der Waals surface area contributed by atoms with E-state index in [1.165, 1.54) is 31.3 Å². The first-order chi connectivity index (χ1) is 28.2. The molecule has 5 nitrogen and oxygen atoms in total. The van der Waals surface area contributed by atoms with Crippen LogP contribution in [-0.2, 0) is 0 Å². The van der Waals surface area contributed by atoms with Crippen molar-refractivity contribution in [1.29, 1.82) is 0 Å². The van der Waals surface area contributed by atoms with Gasteiger partial charge in [0.2, 0.25) is 11.9 Å². The molecular weight excluding hydrogens is 715 g/mol. The van der Waals surface area contributed by atoms with Gasteiger partial charge in [-0.1, -0.05) is 140 Å². The van der Waals surface area contributed by atoms with Gasteiger partial charge in [0.05, 0.1) is 22.1 Å². The summed E-state index contributed by atoms with van der Waals surface area (Å²) in [6.07, 6.45) is 0. The first kappa shape index (κ1) is 31.9. The van der Waals surface area contributed by atoms with Gasteiger partial charge in [-0.15, -0.1) is 11.3 Å².